The van der Waals surface area contributed by atoms with Crippen molar-refractivity contribution >= 4 is 21.3 Å². The second-order valence-electron chi connectivity index (χ2n) is 2.00. The predicted octanol–water partition coefficient (Wildman–Crippen LogP) is -0.157. The molecule has 11 heavy (non-hydrogen) atoms. The van der Waals surface area contributed by atoms with Crippen LogP contribution in [0.5, 0.6) is 0 Å². The van der Waals surface area contributed by atoms with Crippen molar-refractivity contribution in [2.75, 3.05) is 5.75 Å². The van der Waals surface area contributed by atoms with E-state index in [2.05, 4.69) is 0 Å². The van der Waals surface area contributed by atoms with Gasteiger partial charge in [0.25, 0.3) is 0 Å². The molecule has 0 aromatic heterocycles. The lowest BCUT2D eigenvalue weighted by Crippen LogP contribution is -2.27. The fourth-order valence-corrected chi connectivity index (χ4v) is 2.36. The molecular weight excluding hydrogens is 190 g/mol. The minimum absolute atomic E-state index is 0.101. The normalized spacial score (nSPS) is 14.7. The van der Waals surface area contributed by atoms with E-state index in [0.717, 1.165) is 6.42 Å². The van der Waals surface area contributed by atoms with E-state index in [1.165, 1.54) is 0 Å². The van der Waals surface area contributed by atoms with E-state index in [1.807, 2.05) is 6.92 Å². The van der Waals surface area contributed by atoms with Crippen LogP contribution in [-0.2, 0) is 21.3 Å². The van der Waals surface area contributed by atoms with Gasteiger partial charge >= 0.3 is 0 Å². The van der Waals surface area contributed by atoms with Crippen LogP contribution in [0, 0.1) is 0 Å². The summed E-state index contributed by atoms with van der Waals surface area (Å²) in [7, 11) is -3.54. The molecule has 1 atom stereocenters. The second kappa shape index (κ2) is 4.81. The van der Waals surface area contributed by atoms with E-state index in [-0.39, 0.29) is 5.75 Å². The number of hydrogen-bond donors (Lipinski definition) is 2. The quantitative estimate of drug-likeness (QED) is 0.605. The number of unbranched alkanes of at least 4 members (excludes halogenated alkanes) is 1. The number of hydrogen-bond acceptors (Lipinski definition) is 3. The van der Waals surface area contributed by atoms with Gasteiger partial charge in [-0.25, -0.2) is 12.6 Å². The summed E-state index contributed by atoms with van der Waals surface area (Å²) in [5.41, 5.74) is 0. The third-order valence-electron chi connectivity index (χ3n) is 0.965. The van der Waals surface area contributed by atoms with Crippen molar-refractivity contribution in [1.29, 1.82) is 0 Å². The van der Waals surface area contributed by atoms with E-state index in [4.69, 9.17) is 4.55 Å². The summed E-state index contributed by atoms with van der Waals surface area (Å²) in [5.74, 6) is -0.101. The Morgan fingerprint density at radius 2 is 2.09 bits per heavy atom. The van der Waals surface area contributed by atoms with E-state index in [1.54, 1.807) is 4.13 Å². The van der Waals surface area contributed by atoms with Crippen LogP contribution in [0.2, 0.25) is 0 Å². The van der Waals surface area contributed by atoms with Crippen LogP contribution in [-0.4, -0.2) is 22.9 Å². The average molecular weight is 201 g/mol. The zero-order chi connectivity index (χ0) is 8.91. The summed E-state index contributed by atoms with van der Waals surface area (Å²) in [5, 5.41) is 0. The zero-order valence-electron chi connectivity index (χ0n) is 6.11. The maximum absolute atomic E-state index is 10.7. The molecule has 0 saturated heterocycles. The fourth-order valence-electron chi connectivity index (χ4n) is 0.485. The van der Waals surface area contributed by atoms with E-state index in [9.17, 15) is 12.6 Å². The van der Waals surface area contributed by atoms with Crippen LogP contribution >= 0.6 is 0 Å². The van der Waals surface area contributed by atoms with Crippen molar-refractivity contribution in [3.63, 3.8) is 0 Å². The zero-order valence-corrected chi connectivity index (χ0v) is 7.74. The molecule has 0 rings (SSSR count). The summed E-state index contributed by atoms with van der Waals surface area (Å²) in [6.07, 6.45) is 1.23. The Kier molecular flexibility index (Phi) is 4.82. The van der Waals surface area contributed by atoms with Gasteiger partial charge in [-0.05, 0) is 6.42 Å². The Hall–Kier alpha value is 0.0200. The number of sulfonamides is 1. The van der Waals surface area contributed by atoms with Gasteiger partial charge in [-0.1, -0.05) is 13.3 Å². The molecule has 0 saturated carbocycles. The summed E-state index contributed by atoms with van der Waals surface area (Å²) in [6, 6.07) is 0. The average Bonchev–Trinajstić information content (AvgIpc) is 1.81. The third-order valence-corrected chi connectivity index (χ3v) is 3.38. The first-order valence-corrected chi connectivity index (χ1v) is 5.85. The Labute approximate surface area is 68.7 Å². The van der Waals surface area contributed by atoms with E-state index in [0.29, 0.717) is 6.42 Å². The van der Waals surface area contributed by atoms with Crippen LogP contribution in [0.3, 0.4) is 0 Å². The van der Waals surface area contributed by atoms with Crippen molar-refractivity contribution in [3.8, 4) is 0 Å². The van der Waals surface area contributed by atoms with Crippen LogP contribution in [0.1, 0.15) is 19.8 Å². The first-order chi connectivity index (χ1) is 4.98. The summed E-state index contributed by atoms with van der Waals surface area (Å²) in [4.78, 5) is 0. The largest absolute Gasteiger partial charge is 0.293 e. The molecule has 0 spiro atoms. The molecule has 0 bridgehead atoms. The summed E-state index contributed by atoms with van der Waals surface area (Å²) in [6.45, 7) is 1.84. The highest BCUT2D eigenvalue weighted by molar-refractivity contribution is 7.99. The standard InChI is InChI=1S/C4H11NO4S2/c1-2-3-4-11(8,9)5-10(6)7/h5H,2-4H2,1H3,(H,6,7). The molecule has 0 heterocycles. The second-order valence-corrected chi connectivity index (χ2v) is 4.81. The molecular formula is C4H11NO4S2. The molecule has 1 unspecified atom stereocenters. The van der Waals surface area contributed by atoms with Gasteiger partial charge in [0.2, 0.25) is 21.3 Å². The van der Waals surface area contributed by atoms with Crippen molar-refractivity contribution in [3.05, 3.63) is 0 Å². The smallest absolute Gasteiger partial charge is 0.245 e. The molecule has 0 aromatic carbocycles. The van der Waals surface area contributed by atoms with Gasteiger partial charge in [0.05, 0.1) is 5.75 Å². The van der Waals surface area contributed by atoms with Gasteiger partial charge in [0.15, 0.2) is 0 Å². The van der Waals surface area contributed by atoms with Crippen LogP contribution < -0.4 is 4.13 Å². The highest BCUT2D eigenvalue weighted by atomic mass is 32.3. The molecule has 0 aliphatic rings. The number of rotatable bonds is 5. The lowest BCUT2D eigenvalue weighted by atomic mass is 10.4. The van der Waals surface area contributed by atoms with Crippen molar-refractivity contribution < 1.29 is 17.2 Å². The lowest BCUT2D eigenvalue weighted by Gasteiger charge is -1.99. The Morgan fingerprint density at radius 3 is 2.45 bits per heavy atom. The Balaban J connectivity index is 3.92. The molecule has 0 aliphatic carbocycles. The van der Waals surface area contributed by atoms with Crippen molar-refractivity contribution in [1.82, 2.24) is 4.13 Å². The first kappa shape index (κ1) is 11.0. The molecule has 0 aliphatic heterocycles. The monoisotopic (exact) mass is 201 g/mol. The maximum atomic E-state index is 10.7. The number of nitrogens with one attached hydrogen (secondary N) is 1. The Morgan fingerprint density at radius 1 is 1.55 bits per heavy atom. The van der Waals surface area contributed by atoms with Gasteiger partial charge in [0, 0.05) is 0 Å². The third kappa shape index (κ3) is 6.42. The molecule has 0 aromatic rings. The van der Waals surface area contributed by atoms with Crippen LogP contribution in [0.4, 0.5) is 0 Å². The summed E-state index contributed by atoms with van der Waals surface area (Å²) >= 11 is -2.48. The maximum Gasteiger partial charge on any atom is 0.245 e. The molecule has 0 radical (unpaired) electrons. The predicted molar refractivity (Wildman–Crippen MR) is 42.6 cm³/mol. The minimum Gasteiger partial charge on any atom is -0.293 e. The minimum atomic E-state index is -3.54. The molecule has 0 amide bonds. The van der Waals surface area contributed by atoms with Crippen LogP contribution in [0.25, 0.3) is 0 Å². The molecule has 2 N–H and O–H groups in total. The highest BCUT2D eigenvalue weighted by Crippen LogP contribution is 1.93. The van der Waals surface area contributed by atoms with Crippen LogP contribution in [0.15, 0.2) is 0 Å². The topological polar surface area (TPSA) is 83.5 Å². The van der Waals surface area contributed by atoms with Crippen molar-refractivity contribution in [2.45, 2.75) is 19.8 Å². The summed E-state index contributed by atoms with van der Waals surface area (Å²) < 4.78 is 41.2. The molecule has 7 heteroatoms. The molecule has 5 nitrogen and oxygen atoms in total. The SMILES string of the molecule is CCCCS(=O)(=O)NS(=O)O. The van der Waals surface area contributed by atoms with Gasteiger partial charge < -0.3 is 0 Å². The first-order valence-electron chi connectivity index (χ1n) is 3.09. The van der Waals surface area contributed by atoms with E-state index < -0.39 is 21.3 Å². The van der Waals surface area contributed by atoms with Gasteiger partial charge in [0.1, 0.15) is 0 Å². The molecule has 68 valence electrons. The van der Waals surface area contributed by atoms with Gasteiger partial charge in [-0.3, -0.25) is 4.55 Å². The fraction of sp³-hybridized carbons (Fsp3) is 1.00. The lowest BCUT2D eigenvalue weighted by molar-refractivity contribution is 0.553. The van der Waals surface area contributed by atoms with Crippen molar-refractivity contribution in [2.24, 2.45) is 0 Å². The van der Waals surface area contributed by atoms with Gasteiger partial charge in [-0.15, -0.1) is 4.13 Å². The van der Waals surface area contributed by atoms with E-state index >= 15 is 0 Å². The molecule has 0 fully saturated rings. The highest BCUT2D eigenvalue weighted by Gasteiger charge is 2.10. The Bertz CT molecular complexity index is 222. The van der Waals surface area contributed by atoms with Gasteiger partial charge in [-0.2, -0.15) is 0 Å².